The van der Waals surface area contributed by atoms with Gasteiger partial charge in [0, 0.05) is 0 Å². The molecule has 1 fully saturated rings. The van der Waals surface area contributed by atoms with Gasteiger partial charge in [-0.1, -0.05) is 13.8 Å². The lowest BCUT2D eigenvalue weighted by molar-refractivity contribution is -0.150. The molecule has 0 amide bonds. The second-order valence-corrected chi connectivity index (χ2v) is 5.03. The lowest BCUT2D eigenvalue weighted by atomic mass is 10.0. The molecule has 1 rings (SSSR count). The fourth-order valence-electron chi connectivity index (χ4n) is 1.88. The highest BCUT2D eigenvalue weighted by Crippen LogP contribution is 2.20. The van der Waals surface area contributed by atoms with E-state index in [2.05, 4.69) is 19.2 Å². The van der Waals surface area contributed by atoms with Crippen molar-refractivity contribution in [2.45, 2.75) is 52.0 Å². The molecule has 1 saturated heterocycles. The smallest absolute Gasteiger partial charge is 0.326 e. The minimum Gasteiger partial charge on any atom is -0.464 e. The fourth-order valence-corrected chi connectivity index (χ4v) is 1.88. The Morgan fingerprint density at radius 3 is 2.80 bits per heavy atom. The first-order chi connectivity index (χ1) is 7.04. The van der Waals surface area contributed by atoms with Gasteiger partial charge in [-0.2, -0.15) is 0 Å². The molecule has 1 unspecified atom stereocenters. The van der Waals surface area contributed by atoms with Crippen LogP contribution in [0.1, 0.15) is 46.5 Å². The molecule has 0 radical (unpaired) electrons. The lowest BCUT2D eigenvalue weighted by Crippen LogP contribution is -2.45. The Hall–Kier alpha value is -0.570. The molecule has 1 heterocycles. The molecule has 0 aromatic heterocycles. The van der Waals surface area contributed by atoms with Gasteiger partial charge >= 0.3 is 5.97 Å². The standard InChI is InChI=1S/C12H23NO2/c1-10(2)6-4-9-15-11(14)12(3)7-5-8-13-12/h10,13H,4-9H2,1-3H3. The first kappa shape index (κ1) is 12.5. The second kappa shape index (κ2) is 5.50. The topological polar surface area (TPSA) is 38.3 Å². The van der Waals surface area contributed by atoms with Gasteiger partial charge in [0.05, 0.1) is 6.61 Å². The van der Waals surface area contributed by atoms with Gasteiger partial charge in [-0.05, 0) is 45.1 Å². The molecule has 3 nitrogen and oxygen atoms in total. The molecule has 15 heavy (non-hydrogen) atoms. The molecule has 0 aromatic rings. The zero-order valence-corrected chi connectivity index (χ0v) is 10.1. The van der Waals surface area contributed by atoms with Crippen LogP contribution in [0.5, 0.6) is 0 Å². The highest BCUT2D eigenvalue weighted by Gasteiger charge is 2.37. The highest BCUT2D eigenvalue weighted by molar-refractivity contribution is 5.80. The van der Waals surface area contributed by atoms with E-state index in [9.17, 15) is 4.79 Å². The van der Waals surface area contributed by atoms with Crippen LogP contribution in [0.2, 0.25) is 0 Å². The van der Waals surface area contributed by atoms with E-state index in [1.165, 1.54) is 0 Å². The van der Waals surface area contributed by atoms with Crippen molar-refractivity contribution in [2.75, 3.05) is 13.2 Å². The third kappa shape index (κ3) is 3.82. The van der Waals surface area contributed by atoms with Crippen molar-refractivity contribution < 1.29 is 9.53 Å². The van der Waals surface area contributed by atoms with Gasteiger partial charge in [0.2, 0.25) is 0 Å². The van der Waals surface area contributed by atoms with E-state index in [1.54, 1.807) is 0 Å². The third-order valence-electron chi connectivity index (χ3n) is 2.98. The van der Waals surface area contributed by atoms with Crippen molar-refractivity contribution >= 4 is 5.97 Å². The maximum atomic E-state index is 11.7. The molecule has 0 spiro atoms. The van der Waals surface area contributed by atoms with E-state index < -0.39 is 5.54 Å². The number of hydrogen-bond donors (Lipinski definition) is 1. The second-order valence-electron chi connectivity index (χ2n) is 5.03. The van der Waals surface area contributed by atoms with Crippen molar-refractivity contribution in [2.24, 2.45) is 5.92 Å². The Kier molecular flexibility index (Phi) is 4.58. The SMILES string of the molecule is CC(C)CCCOC(=O)C1(C)CCCN1. The maximum Gasteiger partial charge on any atom is 0.326 e. The summed E-state index contributed by atoms with van der Waals surface area (Å²) in [5.74, 6) is 0.604. The van der Waals surface area contributed by atoms with Gasteiger partial charge in [-0.15, -0.1) is 0 Å². The van der Waals surface area contributed by atoms with E-state index in [0.717, 1.165) is 32.2 Å². The largest absolute Gasteiger partial charge is 0.464 e. The van der Waals surface area contributed by atoms with Crippen LogP contribution in [0.3, 0.4) is 0 Å². The number of nitrogens with one attached hydrogen (secondary N) is 1. The molecule has 0 aliphatic carbocycles. The summed E-state index contributed by atoms with van der Waals surface area (Å²) in [5.41, 5.74) is -0.419. The van der Waals surface area contributed by atoms with Crippen LogP contribution in [-0.2, 0) is 9.53 Å². The van der Waals surface area contributed by atoms with Gasteiger partial charge in [0.25, 0.3) is 0 Å². The minimum absolute atomic E-state index is 0.0799. The van der Waals surface area contributed by atoms with Gasteiger partial charge in [0.15, 0.2) is 0 Å². The monoisotopic (exact) mass is 213 g/mol. The predicted molar refractivity (Wildman–Crippen MR) is 60.7 cm³/mol. The molecule has 1 atom stereocenters. The molecule has 0 aromatic carbocycles. The van der Waals surface area contributed by atoms with E-state index in [0.29, 0.717) is 12.5 Å². The number of rotatable bonds is 5. The fraction of sp³-hybridized carbons (Fsp3) is 0.917. The van der Waals surface area contributed by atoms with Gasteiger partial charge in [-0.25, -0.2) is 0 Å². The molecular weight excluding hydrogens is 190 g/mol. The number of carbonyl (C=O) groups excluding carboxylic acids is 1. The Labute approximate surface area is 92.6 Å². The van der Waals surface area contributed by atoms with Gasteiger partial charge in [0.1, 0.15) is 5.54 Å². The molecule has 88 valence electrons. The summed E-state index contributed by atoms with van der Waals surface area (Å²) in [7, 11) is 0. The maximum absolute atomic E-state index is 11.7. The molecule has 1 aliphatic rings. The molecule has 1 N–H and O–H groups in total. The third-order valence-corrected chi connectivity index (χ3v) is 2.98. The first-order valence-electron chi connectivity index (χ1n) is 5.97. The molecule has 0 saturated carbocycles. The summed E-state index contributed by atoms with van der Waals surface area (Å²) >= 11 is 0. The van der Waals surface area contributed by atoms with E-state index in [-0.39, 0.29) is 5.97 Å². The summed E-state index contributed by atoms with van der Waals surface area (Å²) in [6.07, 6.45) is 4.06. The van der Waals surface area contributed by atoms with E-state index >= 15 is 0 Å². The molecular formula is C12H23NO2. The molecule has 3 heteroatoms. The normalized spacial score (nSPS) is 25.9. The van der Waals surface area contributed by atoms with Crippen molar-refractivity contribution in [3.63, 3.8) is 0 Å². The van der Waals surface area contributed by atoms with Crippen LogP contribution >= 0.6 is 0 Å². The van der Waals surface area contributed by atoms with Crippen LogP contribution in [0.25, 0.3) is 0 Å². The number of esters is 1. The van der Waals surface area contributed by atoms with Crippen molar-refractivity contribution in [1.82, 2.24) is 5.32 Å². The Balaban J connectivity index is 2.18. The summed E-state index contributed by atoms with van der Waals surface area (Å²) in [6.45, 7) is 7.79. The van der Waals surface area contributed by atoms with Gasteiger partial charge in [-0.3, -0.25) is 4.79 Å². The van der Waals surface area contributed by atoms with E-state index in [4.69, 9.17) is 4.74 Å². The molecule has 1 aliphatic heterocycles. The molecule has 0 bridgehead atoms. The average Bonchev–Trinajstić information content (AvgIpc) is 2.60. The predicted octanol–water partition coefficient (Wildman–Crippen LogP) is 2.11. The summed E-state index contributed by atoms with van der Waals surface area (Å²) in [5, 5.41) is 3.21. The lowest BCUT2D eigenvalue weighted by Gasteiger charge is -2.21. The van der Waals surface area contributed by atoms with E-state index in [1.807, 2.05) is 6.92 Å². The first-order valence-corrected chi connectivity index (χ1v) is 5.97. The summed E-state index contributed by atoms with van der Waals surface area (Å²) in [6, 6.07) is 0. The zero-order valence-electron chi connectivity index (χ0n) is 10.1. The number of carbonyl (C=O) groups is 1. The van der Waals surface area contributed by atoms with Crippen LogP contribution in [-0.4, -0.2) is 24.7 Å². The highest BCUT2D eigenvalue weighted by atomic mass is 16.5. The number of hydrogen-bond acceptors (Lipinski definition) is 3. The Bertz CT molecular complexity index is 208. The van der Waals surface area contributed by atoms with Crippen LogP contribution in [0, 0.1) is 5.92 Å². The van der Waals surface area contributed by atoms with Gasteiger partial charge < -0.3 is 10.1 Å². The van der Waals surface area contributed by atoms with Crippen molar-refractivity contribution in [3.05, 3.63) is 0 Å². The number of ether oxygens (including phenoxy) is 1. The zero-order chi connectivity index (χ0) is 11.3. The summed E-state index contributed by atoms with van der Waals surface area (Å²) < 4.78 is 5.28. The Morgan fingerprint density at radius 1 is 1.53 bits per heavy atom. The average molecular weight is 213 g/mol. The minimum atomic E-state index is -0.419. The summed E-state index contributed by atoms with van der Waals surface area (Å²) in [4.78, 5) is 11.7. The van der Waals surface area contributed by atoms with Crippen LogP contribution in [0.15, 0.2) is 0 Å². The Morgan fingerprint density at radius 2 is 2.27 bits per heavy atom. The van der Waals surface area contributed by atoms with Crippen molar-refractivity contribution in [1.29, 1.82) is 0 Å². The van der Waals surface area contributed by atoms with Crippen LogP contribution in [0.4, 0.5) is 0 Å². The van der Waals surface area contributed by atoms with Crippen LogP contribution < -0.4 is 5.32 Å². The van der Waals surface area contributed by atoms with Crippen molar-refractivity contribution in [3.8, 4) is 0 Å². The quantitative estimate of drug-likeness (QED) is 0.561.